The molecule has 0 aromatic heterocycles. The van der Waals surface area contributed by atoms with Crippen molar-refractivity contribution in [2.45, 2.75) is 20.0 Å². The number of carbonyl (C=O) groups is 2. The van der Waals surface area contributed by atoms with E-state index in [0.717, 1.165) is 6.08 Å². The third-order valence-corrected chi connectivity index (χ3v) is 1.44. The van der Waals surface area contributed by atoms with Gasteiger partial charge in [-0.05, 0) is 25.5 Å². The first-order valence-electron chi connectivity index (χ1n) is 3.75. The maximum absolute atomic E-state index is 11.1. The summed E-state index contributed by atoms with van der Waals surface area (Å²) in [5, 5.41) is 9.06. The van der Waals surface area contributed by atoms with Gasteiger partial charge >= 0.3 is 0 Å². The van der Waals surface area contributed by atoms with Gasteiger partial charge in [0.2, 0.25) is 5.91 Å². The normalized spacial score (nSPS) is 13.6. The van der Waals surface area contributed by atoms with Crippen molar-refractivity contribution in [2.24, 2.45) is 5.73 Å². The van der Waals surface area contributed by atoms with E-state index in [1.54, 1.807) is 0 Å². The molecular formula is C9H13NO3. The third-order valence-electron chi connectivity index (χ3n) is 1.44. The van der Waals surface area contributed by atoms with E-state index in [2.05, 4.69) is 6.58 Å². The molecular weight excluding hydrogens is 170 g/mol. The Balaban J connectivity index is 4.85. The molecule has 0 spiro atoms. The van der Waals surface area contributed by atoms with Gasteiger partial charge in [-0.3, -0.25) is 9.59 Å². The molecule has 0 saturated heterocycles. The highest BCUT2D eigenvalue weighted by atomic mass is 16.3. The molecule has 0 aromatic carbocycles. The molecule has 0 rings (SSSR count). The zero-order valence-corrected chi connectivity index (χ0v) is 7.70. The first kappa shape index (κ1) is 11.6. The van der Waals surface area contributed by atoms with Crippen LogP contribution in [0.15, 0.2) is 23.8 Å². The summed E-state index contributed by atoms with van der Waals surface area (Å²) in [6.45, 7) is 6.28. The molecule has 72 valence electrons. The molecule has 13 heavy (non-hydrogen) atoms. The van der Waals surface area contributed by atoms with Crippen molar-refractivity contribution in [2.75, 3.05) is 0 Å². The number of hydrogen-bond donors (Lipinski definition) is 2. The van der Waals surface area contributed by atoms with Crippen molar-refractivity contribution >= 4 is 11.7 Å². The SMILES string of the molecule is C=C(C)C(=O)/C=C(\C(N)=O)C(C)O. The maximum Gasteiger partial charge on any atom is 0.247 e. The molecule has 0 fully saturated rings. The third kappa shape index (κ3) is 3.66. The van der Waals surface area contributed by atoms with Gasteiger partial charge in [-0.1, -0.05) is 6.58 Å². The average molecular weight is 183 g/mol. The fourth-order valence-corrected chi connectivity index (χ4v) is 0.662. The van der Waals surface area contributed by atoms with Gasteiger partial charge in [0.05, 0.1) is 6.10 Å². The van der Waals surface area contributed by atoms with Crippen LogP contribution in [-0.2, 0) is 9.59 Å². The van der Waals surface area contributed by atoms with Crippen LogP contribution in [0.4, 0.5) is 0 Å². The number of amides is 1. The molecule has 1 atom stereocenters. The number of aliphatic hydroxyl groups is 1. The van der Waals surface area contributed by atoms with Crippen LogP contribution in [0.25, 0.3) is 0 Å². The van der Waals surface area contributed by atoms with Crippen molar-refractivity contribution in [3.05, 3.63) is 23.8 Å². The smallest absolute Gasteiger partial charge is 0.247 e. The van der Waals surface area contributed by atoms with Gasteiger partial charge in [0, 0.05) is 5.57 Å². The van der Waals surface area contributed by atoms with E-state index in [1.165, 1.54) is 13.8 Å². The quantitative estimate of drug-likeness (QED) is 0.598. The Kier molecular flexibility index (Phi) is 4.07. The van der Waals surface area contributed by atoms with Crippen LogP contribution < -0.4 is 5.73 Å². The van der Waals surface area contributed by atoms with Gasteiger partial charge in [0.25, 0.3) is 0 Å². The Bertz CT molecular complexity index is 277. The van der Waals surface area contributed by atoms with E-state index >= 15 is 0 Å². The summed E-state index contributed by atoms with van der Waals surface area (Å²) >= 11 is 0. The Morgan fingerprint density at radius 2 is 2.00 bits per heavy atom. The van der Waals surface area contributed by atoms with Gasteiger partial charge < -0.3 is 10.8 Å². The summed E-state index contributed by atoms with van der Waals surface area (Å²) < 4.78 is 0. The van der Waals surface area contributed by atoms with Crippen LogP contribution in [0.5, 0.6) is 0 Å². The van der Waals surface area contributed by atoms with Crippen molar-refractivity contribution in [1.82, 2.24) is 0 Å². The molecule has 0 aliphatic carbocycles. The summed E-state index contributed by atoms with van der Waals surface area (Å²) in [6.07, 6.45) is -0.0317. The van der Waals surface area contributed by atoms with Gasteiger partial charge in [-0.15, -0.1) is 0 Å². The number of ketones is 1. The number of carbonyl (C=O) groups excluding carboxylic acids is 2. The summed E-state index contributed by atoms with van der Waals surface area (Å²) in [4.78, 5) is 21.8. The molecule has 4 heteroatoms. The van der Waals surface area contributed by atoms with Crippen molar-refractivity contribution in [3.63, 3.8) is 0 Å². The number of allylic oxidation sites excluding steroid dienone is 2. The number of rotatable bonds is 4. The minimum atomic E-state index is -1.04. The van der Waals surface area contributed by atoms with E-state index in [1.807, 2.05) is 0 Å². The molecule has 4 nitrogen and oxygen atoms in total. The lowest BCUT2D eigenvalue weighted by Gasteiger charge is -2.05. The lowest BCUT2D eigenvalue weighted by Crippen LogP contribution is -2.23. The zero-order chi connectivity index (χ0) is 10.6. The predicted octanol–water partition coefficient (Wildman–Crippen LogP) is -0.0759. The molecule has 1 amide bonds. The van der Waals surface area contributed by atoms with E-state index in [4.69, 9.17) is 10.8 Å². The number of hydrogen-bond acceptors (Lipinski definition) is 3. The number of aliphatic hydroxyl groups excluding tert-OH is 1. The molecule has 0 aromatic rings. The van der Waals surface area contributed by atoms with Crippen LogP contribution in [0.2, 0.25) is 0 Å². The van der Waals surface area contributed by atoms with Crippen LogP contribution in [0, 0.1) is 0 Å². The number of nitrogens with two attached hydrogens (primary N) is 1. The van der Waals surface area contributed by atoms with Crippen molar-refractivity contribution in [3.8, 4) is 0 Å². The van der Waals surface area contributed by atoms with Crippen LogP contribution in [0.1, 0.15) is 13.8 Å². The molecule has 0 aliphatic heterocycles. The first-order chi connectivity index (χ1) is 5.86. The average Bonchev–Trinajstić information content (AvgIpc) is 1.97. The van der Waals surface area contributed by atoms with Crippen molar-refractivity contribution in [1.29, 1.82) is 0 Å². The molecule has 1 unspecified atom stereocenters. The minimum absolute atomic E-state index is 0.104. The zero-order valence-electron chi connectivity index (χ0n) is 7.70. The highest BCUT2D eigenvalue weighted by molar-refractivity contribution is 6.08. The predicted molar refractivity (Wildman–Crippen MR) is 48.8 cm³/mol. The Hall–Kier alpha value is -1.42. The molecule has 0 radical (unpaired) electrons. The summed E-state index contributed by atoms with van der Waals surface area (Å²) in [7, 11) is 0. The van der Waals surface area contributed by atoms with E-state index in [-0.39, 0.29) is 5.57 Å². The molecule has 0 aliphatic rings. The molecule has 0 bridgehead atoms. The number of primary amides is 1. The lowest BCUT2D eigenvalue weighted by atomic mass is 10.1. The van der Waals surface area contributed by atoms with Crippen LogP contribution in [-0.4, -0.2) is 22.9 Å². The highest BCUT2D eigenvalue weighted by Crippen LogP contribution is 2.03. The van der Waals surface area contributed by atoms with Crippen LogP contribution >= 0.6 is 0 Å². The Labute approximate surface area is 76.7 Å². The van der Waals surface area contributed by atoms with Gasteiger partial charge in [0.15, 0.2) is 5.78 Å². The van der Waals surface area contributed by atoms with Crippen molar-refractivity contribution < 1.29 is 14.7 Å². The Morgan fingerprint density at radius 1 is 1.54 bits per heavy atom. The Morgan fingerprint density at radius 3 is 2.23 bits per heavy atom. The van der Waals surface area contributed by atoms with E-state index < -0.39 is 17.8 Å². The van der Waals surface area contributed by atoms with Crippen LogP contribution in [0.3, 0.4) is 0 Å². The van der Waals surface area contributed by atoms with E-state index in [9.17, 15) is 9.59 Å². The molecule has 0 heterocycles. The monoisotopic (exact) mass is 183 g/mol. The van der Waals surface area contributed by atoms with Gasteiger partial charge in [0.1, 0.15) is 0 Å². The summed E-state index contributed by atoms with van der Waals surface area (Å²) in [5.74, 6) is -1.21. The second kappa shape index (κ2) is 4.57. The molecule has 3 N–H and O–H groups in total. The lowest BCUT2D eigenvalue weighted by molar-refractivity contribution is -0.116. The molecule has 0 saturated carbocycles. The topological polar surface area (TPSA) is 80.4 Å². The summed E-state index contributed by atoms with van der Waals surface area (Å²) in [5.41, 5.74) is 5.12. The maximum atomic E-state index is 11.1. The largest absolute Gasteiger partial charge is 0.388 e. The first-order valence-corrected chi connectivity index (χ1v) is 3.75. The van der Waals surface area contributed by atoms with Gasteiger partial charge in [-0.2, -0.15) is 0 Å². The second-order valence-electron chi connectivity index (χ2n) is 2.78. The standard InChI is InChI=1S/C9H13NO3/c1-5(2)8(12)4-7(6(3)11)9(10)13/h4,6,11H,1H2,2-3H3,(H2,10,13)/b7-4-. The van der Waals surface area contributed by atoms with E-state index in [0.29, 0.717) is 5.57 Å². The minimum Gasteiger partial charge on any atom is -0.388 e. The fourth-order valence-electron chi connectivity index (χ4n) is 0.662. The fraction of sp³-hybridized carbons (Fsp3) is 0.333. The second-order valence-corrected chi connectivity index (χ2v) is 2.78. The summed E-state index contributed by atoms with van der Waals surface area (Å²) in [6, 6.07) is 0. The highest BCUT2D eigenvalue weighted by Gasteiger charge is 2.13. The van der Waals surface area contributed by atoms with Gasteiger partial charge in [-0.25, -0.2) is 0 Å².